The maximum atomic E-state index is 12.8. The molecule has 0 saturated heterocycles. The number of halogens is 1. The minimum atomic E-state index is -3.59. The first kappa shape index (κ1) is 18.1. The molecule has 0 aliphatic carbocycles. The Labute approximate surface area is 140 Å². The van der Waals surface area contributed by atoms with E-state index in [1.807, 2.05) is 13.8 Å². The molecule has 130 valence electrons. The van der Waals surface area contributed by atoms with Gasteiger partial charge in [-0.25, -0.2) is 12.8 Å². The lowest BCUT2D eigenvalue weighted by Crippen LogP contribution is -2.29. The van der Waals surface area contributed by atoms with Gasteiger partial charge in [-0.2, -0.15) is 0 Å². The lowest BCUT2D eigenvalue weighted by atomic mass is 10.1. The van der Waals surface area contributed by atoms with Crippen molar-refractivity contribution < 1.29 is 22.1 Å². The zero-order valence-electron chi connectivity index (χ0n) is 13.5. The molecule has 0 unspecified atom stereocenters. The second kappa shape index (κ2) is 7.57. The average molecular weight is 354 g/mol. The van der Waals surface area contributed by atoms with Crippen molar-refractivity contribution in [2.75, 3.05) is 12.3 Å². The number of sulfone groups is 1. The topological polar surface area (TPSA) is 89.3 Å². The van der Waals surface area contributed by atoms with E-state index in [-0.39, 0.29) is 22.9 Å². The highest BCUT2D eigenvalue weighted by Crippen LogP contribution is 2.12. The maximum Gasteiger partial charge on any atom is 0.273 e. The highest BCUT2D eigenvalue weighted by atomic mass is 32.2. The summed E-state index contributed by atoms with van der Waals surface area (Å²) in [4.78, 5) is 11.9. The lowest BCUT2D eigenvalue weighted by Gasteiger charge is -2.05. The predicted molar refractivity (Wildman–Crippen MR) is 85.8 cm³/mol. The van der Waals surface area contributed by atoms with Crippen molar-refractivity contribution in [2.24, 2.45) is 5.92 Å². The molecule has 0 aliphatic rings. The van der Waals surface area contributed by atoms with Crippen molar-refractivity contribution in [3.8, 4) is 0 Å². The number of carbonyl (C=O) groups excluding carboxylic acids is 1. The van der Waals surface area contributed by atoms with Crippen molar-refractivity contribution in [3.05, 3.63) is 47.6 Å². The monoisotopic (exact) mass is 354 g/mol. The maximum absolute atomic E-state index is 12.8. The lowest BCUT2D eigenvalue weighted by molar-refractivity contribution is 0.0947. The average Bonchev–Trinajstić information content (AvgIpc) is 2.95. The van der Waals surface area contributed by atoms with E-state index in [1.54, 1.807) is 6.07 Å². The van der Waals surface area contributed by atoms with E-state index < -0.39 is 21.6 Å². The van der Waals surface area contributed by atoms with E-state index in [0.717, 1.165) is 12.1 Å². The predicted octanol–water partition coefficient (Wildman–Crippen LogP) is 2.22. The van der Waals surface area contributed by atoms with Crippen LogP contribution in [-0.2, 0) is 16.3 Å². The first-order valence-corrected chi connectivity index (χ1v) is 9.15. The summed E-state index contributed by atoms with van der Waals surface area (Å²) in [5.41, 5.74) is 0.116. The van der Waals surface area contributed by atoms with Crippen LogP contribution in [-0.4, -0.2) is 31.8 Å². The van der Waals surface area contributed by atoms with E-state index in [4.69, 9.17) is 4.52 Å². The molecule has 0 spiro atoms. The Morgan fingerprint density at radius 2 is 1.96 bits per heavy atom. The molecule has 1 aromatic carbocycles. The van der Waals surface area contributed by atoms with Gasteiger partial charge in [0.25, 0.3) is 5.91 Å². The van der Waals surface area contributed by atoms with Crippen molar-refractivity contribution in [2.45, 2.75) is 25.2 Å². The standard InChI is InChI=1S/C16H19FN2O4S/c1-11(2)9-13-10-15(19-23-13)16(20)18-7-8-24(21,22)14-5-3-12(17)4-6-14/h3-6,10-11H,7-9H2,1-2H3,(H,18,20). The van der Waals surface area contributed by atoms with E-state index in [1.165, 1.54) is 12.1 Å². The van der Waals surface area contributed by atoms with E-state index in [0.29, 0.717) is 18.1 Å². The summed E-state index contributed by atoms with van der Waals surface area (Å²) in [6.45, 7) is 3.95. The summed E-state index contributed by atoms with van der Waals surface area (Å²) in [6.07, 6.45) is 0.666. The van der Waals surface area contributed by atoms with Gasteiger partial charge in [-0.3, -0.25) is 4.79 Å². The first-order valence-electron chi connectivity index (χ1n) is 7.50. The molecule has 24 heavy (non-hydrogen) atoms. The number of nitrogens with zero attached hydrogens (tertiary/aromatic N) is 1. The molecule has 0 aliphatic heterocycles. The molecule has 2 aromatic rings. The van der Waals surface area contributed by atoms with Gasteiger partial charge in [0.15, 0.2) is 15.5 Å². The van der Waals surface area contributed by atoms with Crippen LogP contribution in [0.5, 0.6) is 0 Å². The number of nitrogens with one attached hydrogen (secondary N) is 1. The van der Waals surface area contributed by atoms with E-state index >= 15 is 0 Å². The van der Waals surface area contributed by atoms with Gasteiger partial charge in [-0.1, -0.05) is 19.0 Å². The summed E-state index contributed by atoms with van der Waals surface area (Å²) in [7, 11) is -3.59. The molecular formula is C16H19FN2O4S. The van der Waals surface area contributed by atoms with Crippen LogP contribution in [0.25, 0.3) is 0 Å². The molecule has 6 nitrogen and oxygen atoms in total. The molecule has 1 aromatic heterocycles. The van der Waals surface area contributed by atoms with Gasteiger partial charge in [-0.15, -0.1) is 0 Å². The molecule has 1 N–H and O–H groups in total. The van der Waals surface area contributed by atoms with Crippen LogP contribution in [0.3, 0.4) is 0 Å². The van der Waals surface area contributed by atoms with Gasteiger partial charge < -0.3 is 9.84 Å². The quantitative estimate of drug-likeness (QED) is 0.770. The number of carbonyl (C=O) groups is 1. The largest absolute Gasteiger partial charge is 0.361 e. The second-order valence-corrected chi connectivity index (χ2v) is 7.91. The van der Waals surface area contributed by atoms with Crippen LogP contribution in [0.15, 0.2) is 39.8 Å². The minimum absolute atomic E-state index is 0.0128. The third-order valence-electron chi connectivity index (χ3n) is 3.23. The van der Waals surface area contributed by atoms with Crippen LogP contribution in [0.2, 0.25) is 0 Å². The van der Waals surface area contributed by atoms with Gasteiger partial charge in [0.2, 0.25) is 0 Å². The molecule has 0 saturated carbocycles. The number of amides is 1. The van der Waals surface area contributed by atoms with Crippen molar-refractivity contribution in [1.29, 1.82) is 0 Å². The van der Waals surface area contributed by atoms with Gasteiger partial charge >= 0.3 is 0 Å². The third kappa shape index (κ3) is 4.89. The fourth-order valence-electron chi connectivity index (χ4n) is 2.07. The molecule has 1 amide bonds. The van der Waals surface area contributed by atoms with Gasteiger partial charge in [0.05, 0.1) is 10.6 Å². The number of hydrogen-bond donors (Lipinski definition) is 1. The highest BCUT2D eigenvalue weighted by molar-refractivity contribution is 7.91. The molecule has 1 heterocycles. The van der Waals surface area contributed by atoms with Gasteiger partial charge in [-0.05, 0) is 30.2 Å². The third-order valence-corrected chi connectivity index (χ3v) is 4.96. The summed E-state index contributed by atoms with van der Waals surface area (Å²) in [5, 5.41) is 6.16. The minimum Gasteiger partial charge on any atom is -0.361 e. The van der Waals surface area contributed by atoms with Crippen molar-refractivity contribution >= 4 is 15.7 Å². The van der Waals surface area contributed by atoms with Gasteiger partial charge in [0, 0.05) is 19.0 Å². The summed E-state index contributed by atoms with van der Waals surface area (Å²) < 4.78 is 42.1. The molecule has 0 radical (unpaired) electrons. The first-order chi connectivity index (χ1) is 11.3. The fourth-order valence-corrected chi connectivity index (χ4v) is 3.23. The summed E-state index contributed by atoms with van der Waals surface area (Å²) in [5.74, 6) is -0.321. The zero-order valence-corrected chi connectivity index (χ0v) is 14.3. The van der Waals surface area contributed by atoms with Crippen LogP contribution < -0.4 is 5.32 Å². The van der Waals surface area contributed by atoms with Crippen LogP contribution >= 0.6 is 0 Å². The second-order valence-electron chi connectivity index (χ2n) is 5.81. The molecule has 0 bridgehead atoms. The smallest absolute Gasteiger partial charge is 0.273 e. The molecule has 0 fully saturated rings. The Bertz CT molecular complexity index is 798. The van der Waals surface area contributed by atoms with E-state index in [9.17, 15) is 17.6 Å². The number of benzene rings is 1. The number of hydrogen-bond acceptors (Lipinski definition) is 5. The fraction of sp³-hybridized carbons (Fsp3) is 0.375. The van der Waals surface area contributed by atoms with Crippen LogP contribution in [0.4, 0.5) is 4.39 Å². The molecule has 2 rings (SSSR count). The Balaban J connectivity index is 1.90. The SMILES string of the molecule is CC(C)Cc1cc(C(=O)NCCS(=O)(=O)c2ccc(F)cc2)no1. The Morgan fingerprint density at radius 3 is 2.58 bits per heavy atom. The van der Waals surface area contributed by atoms with Crippen LogP contribution in [0.1, 0.15) is 30.1 Å². The zero-order chi connectivity index (χ0) is 17.7. The van der Waals surface area contributed by atoms with Crippen molar-refractivity contribution in [3.63, 3.8) is 0 Å². The number of rotatable bonds is 7. The van der Waals surface area contributed by atoms with Crippen LogP contribution in [0, 0.1) is 11.7 Å². The Kier molecular flexibility index (Phi) is 5.71. The normalized spacial score (nSPS) is 11.7. The highest BCUT2D eigenvalue weighted by Gasteiger charge is 2.17. The summed E-state index contributed by atoms with van der Waals surface area (Å²) >= 11 is 0. The van der Waals surface area contributed by atoms with E-state index in [2.05, 4.69) is 10.5 Å². The molecule has 0 atom stereocenters. The van der Waals surface area contributed by atoms with Crippen molar-refractivity contribution in [1.82, 2.24) is 10.5 Å². The Hall–Kier alpha value is -2.22. The summed E-state index contributed by atoms with van der Waals surface area (Å²) in [6, 6.07) is 6.10. The number of aromatic nitrogens is 1. The van der Waals surface area contributed by atoms with Gasteiger partial charge in [0.1, 0.15) is 11.6 Å². The molecular weight excluding hydrogens is 335 g/mol. The molecule has 8 heteroatoms. The Morgan fingerprint density at radius 1 is 1.29 bits per heavy atom.